The second-order valence-corrected chi connectivity index (χ2v) is 2.02. The maximum absolute atomic E-state index is 10.7. The summed E-state index contributed by atoms with van der Waals surface area (Å²) >= 11 is 0. The first-order valence-electron chi connectivity index (χ1n) is 3.11. The van der Waals surface area contributed by atoms with Crippen molar-refractivity contribution >= 4 is 11.6 Å². The van der Waals surface area contributed by atoms with E-state index in [1.54, 1.807) is 0 Å². The molecular formula is C6H8N4O2. The Labute approximate surface area is 68.6 Å². The number of primary amides is 1. The number of rotatable bonds is 2. The zero-order chi connectivity index (χ0) is 9.14. The lowest BCUT2D eigenvalue weighted by molar-refractivity contribution is 0.0995. The molecule has 12 heavy (non-hydrogen) atoms. The van der Waals surface area contributed by atoms with E-state index in [2.05, 4.69) is 14.7 Å². The first kappa shape index (κ1) is 8.25. The monoisotopic (exact) mass is 168 g/mol. The SMILES string of the molecule is COc1ncc(N)c(C(N)=O)n1. The van der Waals surface area contributed by atoms with Crippen LogP contribution >= 0.6 is 0 Å². The first-order valence-corrected chi connectivity index (χ1v) is 3.11. The lowest BCUT2D eigenvalue weighted by Crippen LogP contribution is -2.16. The molecule has 1 heterocycles. The quantitative estimate of drug-likeness (QED) is 0.599. The Kier molecular flexibility index (Phi) is 2.09. The number of hydrogen-bond donors (Lipinski definition) is 2. The van der Waals surface area contributed by atoms with Crippen LogP contribution in [0.2, 0.25) is 0 Å². The lowest BCUT2D eigenvalue weighted by atomic mass is 10.3. The Hall–Kier alpha value is -1.85. The van der Waals surface area contributed by atoms with Crippen LogP contribution in [0.4, 0.5) is 5.69 Å². The highest BCUT2D eigenvalue weighted by Crippen LogP contribution is 2.09. The normalized spacial score (nSPS) is 9.42. The molecule has 0 unspecified atom stereocenters. The van der Waals surface area contributed by atoms with E-state index < -0.39 is 5.91 Å². The molecule has 0 aliphatic heterocycles. The Morgan fingerprint density at radius 2 is 2.33 bits per heavy atom. The van der Waals surface area contributed by atoms with E-state index in [-0.39, 0.29) is 17.4 Å². The summed E-state index contributed by atoms with van der Waals surface area (Å²) in [5.41, 5.74) is 10.5. The molecule has 4 N–H and O–H groups in total. The summed E-state index contributed by atoms with van der Waals surface area (Å²) in [6, 6.07) is 0.0676. The van der Waals surface area contributed by atoms with E-state index >= 15 is 0 Å². The smallest absolute Gasteiger partial charge is 0.316 e. The van der Waals surface area contributed by atoms with Crippen LogP contribution in [-0.2, 0) is 0 Å². The van der Waals surface area contributed by atoms with Crippen molar-refractivity contribution in [2.75, 3.05) is 12.8 Å². The van der Waals surface area contributed by atoms with Gasteiger partial charge in [-0.15, -0.1) is 0 Å². The number of amides is 1. The van der Waals surface area contributed by atoms with Gasteiger partial charge in [0.1, 0.15) is 0 Å². The Balaban J connectivity index is 3.17. The lowest BCUT2D eigenvalue weighted by Gasteiger charge is -2.01. The van der Waals surface area contributed by atoms with Gasteiger partial charge in [0.25, 0.3) is 5.91 Å². The van der Waals surface area contributed by atoms with Crippen molar-refractivity contribution in [3.63, 3.8) is 0 Å². The zero-order valence-electron chi connectivity index (χ0n) is 6.44. The fourth-order valence-electron chi connectivity index (χ4n) is 0.671. The second kappa shape index (κ2) is 3.04. The van der Waals surface area contributed by atoms with Crippen LogP contribution < -0.4 is 16.2 Å². The second-order valence-electron chi connectivity index (χ2n) is 2.02. The average Bonchev–Trinajstić information content (AvgIpc) is 2.05. The van der Waals surface area contributed by atoms with E-state index in [0.717, 1.165) is 0 Å². The molecule has 1 aromatic rings. The highest BCUT2D eigenvalue weighted by atomic mass is 16.5. The van der Waals surface area contributed by atoms with Gasteiger partial charge in [0.2, 0.25) is 0 Å². The number of carbonyl (C=O) groups is 1. The molecule has 0 aliphatic carbocycles. The Bertz CT molecular complexity index is 312. The molecular weight excluding hydrogens is 160 g/mol. The number of nitrogens with two attached hydrogens (primary N) is 2. The number of hydrogen-bond acceptors (Lipinski definition) is 5. The van der Waals surface area contributed by atoms with E-state index in [9.17, 15) is 4.79 Å². The van der Waals surface area contributed by atoms with Crippen molar-refractivity contribution in [2.45, 2.75) is 0 Å². The number of nitrogen functional groups attached to an aromatic ring is 1. The van der Waals surface area contributed by atoms with Crippen molar-refractivity contribution < 1.29 is 9.53 Å². The summed E-state index contributed by atoms with van der Waals surface area (Å²) < 4.78 is 4.67. The van der Waals surface area contributed by atoms with Gasteiger partial charge in [-0.3, -0.25) is 4.79 Å². The molecule has 1 aromatic heterocycles. The molecule has 6 nitrogen and oxygen atoms in total. The molecule has 0 fully saturated rings. The molecule has 0 radical (unpaired) electrons. The van der Waals surface area contributed by atoms with E-state index in [4.69, 9.17) is 11.5 Å². The van der Waals surface area contributed by atoms with Gasteiger partial charge in [-0.05, 0) is 0 Å². The molecule has 1 rings (SSSR count). The minimum atomic E-state index is -0.701. The van der Waals surface area contributed by atoms with Gasteiger partial charge in [0.15, 0.2) is 5.69 Å². The van der Waals surface area contributed by atoms with Crippen molar-refractivity contribution in [1.29, 1.82) is 0 Å². The van der Waals surface area contributed by atoms with Gasteiger partial charge in [-0.2, -0.15) is 4.98 Å². The van der Waals surface area contributed by atoms with Gasteiger partial charge >= 0.3 is 6.01 Å². The topological polar surface area (TPSA) is 104 Å². The van der Waals surface area contributed by atoms with E-state index in [1.807, 2.05) is 0 Å². The van der Waals surface area contributed by atoms with Crippen LogP contribution in [-0.4, -0.2) is 23.0 Å². The Morgan fingerprint density at radius 1 is 1.67 bits per heavy atom. The molecule has 0 aromatic carbocycles. The Morgan fingerprint density at radius 3 is 2.83 bits per heavy atom. The molecule has 6 heteroatoms. The van der Waals surface area contributed by atoms with Crippen LogP contribution in [0.5, 0.6) is 6.01 Å². The molecule has 1 amide bonds. The fourth-order valence-corrected chi connectivity index (χ4v) is 0.671. The number of anilines is 1. The minimum absolute atomic E-state index is 0.0261. The number of ether oxygens (including phenoxy) is 1. The van der Waals surface area contributed by atoms with E-state index in [1.165, 1.54) is 13.3 Å². The molecule has 0 aliphatic rings. The summed E-state index contributed by atoms with van der Waals surface area (Å²) in [6.45, 7) is 0. The summed E-state index contributed by atoms with van der Waals surface area (Å²) in [7, 11) is 1.39. The summed E-state index contributed by atoms with van der Waals surface area (Å²) in [5, 5.41) is 0. The van der Waals surface area contributed by atoms with Crippen molar-refractivity contribution in [1.82, 2.24) is 9.97 Å². The van der Waals surface area contributed by atoms with Crippen LogP contribution in [0, 0.1) is 0 Å². The highest BCUT2D eigenvalue weighted by Gasteiger charge is 2.09. The summed E-state index contributed by atoms with van der Waals surface area (Å²) in [5.74, 6) is -0.701. The molecule has 0 saturated heterocycles. The summed E-state index contributed by atoms with van der Waals surface area (Å²) in [4.78, 5) is 18.0. The predicted octanol–water partition coefficient (Wildman–Crippen LogP) is -0.834. The number of methoxy groups -OCH3 is 1. The number of aromatic nitrogens is 2. The van der Waals surface area contributed by atoms with Crippen LogP contribution in [0.25, 0.3) is 0 Å². The standard InChI is InChI=1S/C6H8N4O2/c1-12-6-9-2-3(7)4(10-6)5(8)11/h2H,7H2,1H3,(H2,8,11). The zero-order valence-corrected chi connectivity index (χ0v) is 6.44. The maximum atomic E-state index is 10.7. The third-order valence-corrected chi connectivity index (χ3v) is 1.21. The molecule has 64 valence electrons. The van der Waals surface area contributed by atoms with Crippen LogP contribution in [0.1, 0.15) is 10.5 Å². The number of carbonyl (C=O) groups excluding carboxylic acids is 1. The van der Waals surface area contributed by atoms with Crippen molar-refractivity contribution in [3.8, 4) is 6.01 Å². The molecule has 0 bridgehead atoms. The van der Waals surface area contributed by atoms with Gasteiger partial charge in [0.05, 0.1) is 19.0 Å². The first-order chi connectivity index (χ1) is 5.65. The van der Waals surface area contributed by atoms with Crippen LogP contribution in [0.15, 0.2) is 6.20 Å². The molecule has 0 atom stereocenters. The highest BCUT2D eigenvalue weighted by molar-refractivity contribution is 5.95. The predicted molar refractivity (Wildman–Crippen MR) is 41.5 cm³/mol. The van der Waals surface area contributed by atoms with E-state index in [0.29, 0.717) is 0 Å². The van der Waals surface area contributed by atoms with Gasteiger partial charge in [0, 0.05) is 0 Å². The molecule has 0 saturated carbocycles. The summed E-state index contributed by atoms with van der Waals surface area (Å²) in [6.07, 6.45) is 1.27. The largest absolute Gasteiger partial charge is 0.467 e. The average molecular weight is 168 g/mol. The van der Waals surface area contributed by atoms with Gasteiger partial charge in [-0.1, -0.05) is 0 Å². The van der Waals surface area contributed by atoms with Gasteiger partial charge < -0.3 is 16.2 Å². The third-order valence-electron chi connectivity index (χ3n) is 1.21. The van der Waals surface area contributed by atoms with Crippen molar-refractivity contribution in [3.05, 3.63) is 11.9 Å². The third kappa shape index (κ3) is 1.42. The van der Waals surface area contributed by atoms with Crippen molar-refractivity contribution in [2.24, 2.45) is 5.73 Å². The number of nitrogens with zero attached hydrogens (tertiary/aromatic N) is 2. The van der Waals surface area contributed by atoms with Gasteiger partial charge in [-0.25, -0.2) is 4.98 Å². The fraction of sp³-hybridized carbons (Fsp3) is 0.167. The molecule has 0 spiro atoms. The maximum Gasteiger partial charge on any atom is 0.316 e. The van der Waals surface area contributed by atoms with Crippen LogP contribution in [0.3, 0.4) is 0 Å². The minimum Gasteiger partial charge on any atom is -0.467 e.